The zero-order valence-corrected chi connectivity index (χ0v) is 11.4. The van der Waals surface area contributed by atoms with E-state index in [2.05, 4.69) is 61.1 Å². The second-order valence-electron chi connectivity index (χ2n) is 4.93. The first kappa shape index (κ1) is 12.9. The third-order valence-electron chi connectivity index (χ3n) is 3.23. The molecule has 0 atom stereocenters. The Kier molecular flexibility index (Phi) is 4.19. The fraction of sp³-hybridized carbons (Fsp3) is 0.375. The molecule has 0 bridgehead atoms. The minimum Gasteiger partial charge on any atom is -0.348 e. The van der Waals surface area contributed by atoms with E-state index in [0.717, 1.165) is 24.4 Å². The number of rotatable bonds is 5. The van der Waals surface area contributed by atoms with Crippen LogP contribution in [0.5, 0.6) is 0 Å². The van der Waals surface area contributed by atoms with Crippen molar-refractivity contribution in [2.75, 3.05) is 0 Å². The van der Waals surface area contributed by atoms with Crippen molar-refractivity contribution in [2.45, 2.75) is 33.6 Å². The van der Waals surface area contributed by atoms with Crippen molar-refractivity contribution >= 4 is 0 Å². The van der Waals surface area contributed by atoms with Gasteiger partial charge < -0.3 is 4.98 Å². The molecule has 0 aliphatic carbocycles. The first-order valence-electron chi connectivity index (χ1n) is 6.65. The lowest BCUT2D eigenvalue weighted by Gasteiger charge is -2.18. The molecule has 0 unspecified atom stereocenters. The molecule has 2 heteroatoms. The molecule has 0 amide bonds. The maximum absolute atomic E-state index is 4.65. The molecule has 18 heavy (non-hydrogen) atoms. The summed E-state index contributed by atoms with van der Waals surface area (Å²) in [6, 6.07) is 10.6. The monoisotopic (exact) mass is 241 g/mol. The lowest BCUT2D eigenvalue weighted by Crippen LogP contribution is -2.11. The highest BCUT2D eigenvalue weighted by atomic mass is 14.9. The van der Waals surface area contributed by atoms with Crippen LogP contribution in [0.3, 0.4) is 0 Å². The molecule has 1 N–H and O–H groups in total. The van der Waals surface area contributed by atoms with E-state index in [-0.39, 0.29) is 0 Å². The lowest BCUT2D eigenvalue weighted by atomic mass is 9.87. The minimum atomic E-state index is 0.512. The Hall–Kier alpha value is -1.57. The third-order valence-corrected chi connectivity index (χ3v) is 3.23. The number of H-pyrrole nitrogens is 1. The van der Waals surface area contributed by atoms with Gasteiger partial charge in [0, 0.05) is 18.5 Å². The molecule has 95 valence electrons. The summed E-state index contributed by atoms with van der Waals surface area (Å²) in [6.07, 6.45) is 3.97. The molecular formula is C16H21N2. The number of nitrogens with one attached hydrogen (secondary N) is 1. The van der Waals surface area contributed by atoms with Crippen molar-refractivity contribution in [3.05, 3.63) is 59.5 Å². The lowest BCUT2D eigenvalue weighted by molar-refractivity contribution is 0.647. The highest BCUT2D eigenvalue weighted by molar-refractivity contribution is 5.30. The molecule has 0 spiro atoms. The molecule has 1 heterocycles. The van der Waals surface area contributed by atoms with Crippen LogP contribution in [0.2, 0.25) is 0 Å². The quantitative estimate of drug-likeness (QED) is 0.847. The molecular weight excluding hydrogens is 220 g/mol. The van der Waals surface area contributed by atoms with Crippen LogP contribution in [-0.2, 0) is 12.8 Å². The van der Waals surface area contributed by atoms with Gasteiger partial charge in [-0.25, -0.2) is 4.98 Å². The van der Waals surface area contributed by atoms with Crippen LogP contribution in [0.1, 0.15) is 37.9 Å². The van der Waals surface area contributed by atoms with Crippen LogP contribution in [0.25, 0.3) is 0 Å². The Morgan fingerprint density at radius 1 is 1.22 bits per heavy atom. The first-order chi connectivity index (χ1) is 8.70. The normalized spacial score (nSPS) is 11.4. The molecule has 0 saturated carbocycles. The van der Waals surface area contributed by atoms with Gasteiger partial charge in [-0.15, -0.1) is 0 Å². The number of aromatic nitrogens is 2. The highest BCUT2D eigenvalue weighted by Gasteiger charge is 2.19. The minimum absolute atomic E-state index is 0.512. The van der Waals surface area contributed by atoms with E-state index >= 15 is 0 Å². The van der Waals surface area contributed by atoms with Gasteiger partial charge in [0.2, 0.25) is 0 Å². The second kappa shape index (κ2) is 5.85. The van der Waals surface area contributed by atoms with E-state index in [1.165, 1.54) is 11.5 Å². The smallest absolute Gasteiger partial charge is 0.106 e. The number of hydrogen-bond acceptors (Lipinski definition) is 1. The predicted octanol–water partition coefficient (Wildman–Crippen LogP) is 3.79. The van der Waals surface area contributed by atoms with Gasteiger partial charge in [0.1, 0.15) is 5.82 Å². The molecule has 1 radical (unpaired) electrons. The van der Waals surface area contributed by atoms with Gasteiger partial charge >= 0.3 is 0 Å². The Labute approximate surface area is 109 Å². The van der Waals surface area contributed by atoms with Crippen molar-refractivity contribution in [3.63, 3.8) is 0 Å². The Bertz CT molecular complexity index is 471. The summed E-state index contributed by atoms with van der Waals surface area (Å²) in [6.45, 7) is 6.59. The molecule has 2 nitrogen and oxygen atoms in total. The van der Waals surface area contributed by atoms with Gasteiger partial charge in [0.15, 0.2) is 0 Å². The van der Waals surface area contributed by atoms with E-state index in [1.54, 1.807) is 0 Å². The molecule has 0 saturated heterocycles. The number of imidazole rings is 1. The van der Waals surface area contributed by atoms with E-state index < -0.39 is 0 Å². The Morgan fingerprint density at radius 2 is 1.94 bits per heavy atom. The average Bonchev–Trinajstić information content (AvgIpc) is 2.85. The number of nitrogens with zero attached hydrogens (tertiary/aromatic N) is 1. The van der Waals surface area contributed by atoms with Crippen molar-refractivity contribution in [2.24, 2.45) is 5.92 Å². The first-order valence-corrected chi connectivity index (χ1v) is 6.65. The standard InChI is InChI=1S/C16H21N2/c1-4-16-17-11-15(18-16)14(12(2)3)10-13-8-6-5-7-9-13/h5-9,11-12H,4,10H2,1-3H3,(H,17,18). The van der Waals surface area contributed by atoms with Crippen molar-refractivity contribution in [1.29, 1.82) is 0 Å². The van der Waals surface area contributed by atoms with E-state index in [1.807, 2.05) is 6.20 Å². The molecule has 2 aromatic rings. The Balaban J connectivity index is 2.18. The topological polar surface area (TPSA) is 28.7 Å². The molecule has 0 aliphatic rings. The van der Waals surface area contributed by atoms with Crippen LogP contribution in [0.15, 0.2) is 36.5 Å². The van der Waals surface area contributed by atoms with E-state index in [9.17, 15) is 0 Å². The van der Waals surface area contributed by atoms with Crippen LogP contribution in [-0.4, -0.2) is 9.97 Å². The largest absolute Gasteiger partial charge is 0.348 e. The van der Waals surface area contributed by atoms with E-state index in [0.29, 0.717) is 5.92 Å². The molecule has 1 aromatic carbocycles. The zero-order chi connectivity index (χ0) is 13.0. The molecule has 0 fully saturated rings. The SMILES string of the molecule is CCc1nc([C](Cc2ccccc2)C(C)C)c[nH]1. The van der Waals surface area contributed by atoms with Crippen LogP contribution < -0.4 is 0 Å². The molecule has 0 aliphatic heterocycles. The summed E-state index contributed by atoms with van der Waals surface area (Å²) >= 11 is 0. The predicted molar refractivity (Wildman–Crippen MR) is 75.3 cm³/mol. The van der Waals surface area contributed by atoms with Crippen molar-refractivity contribution < 1.29 is 0 Å². The number of aromatic amines is 1. The van der Waals surface area contributed by atoms with Gasteiger partial charge in [-0.3, -0.25) is 0 Å². The summed E-state index contributed by atoms with van der Waals surface area (Å²) in [7, 11) is 0. The van der Waals surface area contributed by atoms with E-state index in [4.69, 9.17) is 0 Å². The summed E-state index contributed by atoms with van der Waals surface area (Å²) < 4.78 is 0. The maximum Gasteiger partial charge on any atom is 0.106 e. The average molecular weight is 241 g/mol. The fourth-order valence-corrected chi connectivity index (χ4v) is 2.11. The second-order valence-corrected chi connectivity index (χ2v) is 4.93. The van der Waals surface area contributed by atoms with Gasteiger partial charge in [-0.05, 0) is 17.9 Å². The molecule has 2 rings (SSSR count). The van der Waals surface area contributed by atoms with Crippen LogP contribution in [0, 0.1) is 11.8 Å². The number of hydrogen-bond donors (Lipinski definition) is 1. The van der Waals surface area contributed by atoms with Crippen LogP contribution in [0.4, 0.5) is 0 Å². The van der Waals surface area contributed by atoms with Gasteiger partial charge in [0.05, 0.1) is 5.69 Å². The Morgan fingerprint density at radius 3 is 2.50 bits per heavy atom. The maximum atomic E-state index is 4.65. The summed E-state index contributed by atoms with van der Waals surface area (Å²) in [5.74, 6) is 2.98. The van der Waals surface area contributed by atoms with Crippen molar-refractivity contribution in [1.82, 2.24) is 9.97 Å². The molecule has 1 aromatic heterocycles. The summed E-state index contributed by atoms with van der Waals surface area (Å²) in [5, 5.41) is 0. The highest BCUT2D eigenvalue weighted by Crippen LogP contribution is 2.26. The van der Waals surface area contributed by atoms with Gasteiger partial charge in [0.25, 0.3) is 0 Å². The van der Waals surface area contributed by atoms with Crippen molar-refractivity contribution in [3.8, 4) is 0 Å². The zero-order valence-electron chi connectivity index (χ0n) is 11.4. The number of aryl methyl sites for hydroxylation is 1. The van der Waals surface area contributed by atoms with Crippen LogP contribution >= 0.6 is 0 Å². The summed E-state index contributed by atoms with van der Waals surface area (Å²) in [4.78, 5) is 7.90. The fourth-order valence-electron chi connectivity index (χ4n) is 2.11. The summed E-state index contributed by atoms with van der Waals surface area (Å²) in [5.41, 5.74) is 2.47. The number of benzene rings is 1. The van der Waals surface area contributed by atoms with Gasteiger partial charge in [-0.1, -0.05) is 51.1 Å². The third kappa shape index (κ3) is 3.00. The van der Waals surface area contributed by atoms with Gasteiger partial charge in [-0.2, -0.15) is 0 Å².